The van der Waals surface area contributed by atoms with Gasteiger partial charge >= 0.3 is 0 Å². The zero-order valence-corrected chi connectivity index (χ0v) is 14.8. The first kappa shape index (κ1) is 18.4. The van der Waals surface area contributed by atoms with Gasteiger partial charge in [0.2, 0.25) is 5.88 Å². The first-order chi connectivity index (χ1) is 13.1. The molecule has 3 rings (SSSR count). The maximum Gasteiger partial charge on any atom is 0.251 e. The van der Waals surface area contributed by atoms with E-state index in [1.165, 1.54) is 24.3 Å². The molecule has 6 heteroatoms. The molecule has 0 aliphatic heterocycles. The van der Waals surface area contributed by atoms with Crippen LogP contribution in [-0.2, 0) is 6.54 Å². The molecule has 1 heterocycles. The number of rotatable bonds is 7. The third-order valence-corrected chi connectivity index (χ3v) is 3.70. The molecule has 0 unspecified atom stereocenters. The molecule has 27 heavy (non-hydrogen) atoms. The Kier molecular flexibility index (Phi) is 5.99. The van der Waals surface area contributed by atoms with Crippen molar-refractivity contribution in [2.45, 2.75) is 13.5 Å². The van der Waals surface area contributed by atoms with Gasteiger partial charge in [0.15, 0.2) is 0 Å². The summed E-state index contributed by atoms with van der Waals surface area (Å²) in [4.78, 5) is 16.5. The van der Waals surface area contributed by atoms with E-state index in [0.717, 1.165) is 5.56 Å². The quantitative estimate of drug-likeness (QED) is 0.676. The zero-order valence-electron chi connectivity index (χ0n) is 14.8. The minimum Gasteiger partial charge on any atom is -0.494 e. The summed E-state index contributed by atoms with van der Waals surface area (Å²) in [7, 11) is 0. The molecule has 0 spiro atoms. The molecule has 0 saturated heterocycles. The Labute approximate surface area is 156 Å². The van der Waals surface area contributed by atoms with Gasteiger partial charge in [-0.2, -0.15) is 0 Å². The van der Waals surface area contributed by atoms with Crippen LogP contribution < -0.4 is 14.8 Å². The Bertz CT molecular complexity index is 913. The first-order valence-electron chi connectivity index (χ1n) is 8.53. The standard InChI is InChI=1S/C21H19FN2O3/c1-2-26-19-5-3-4-16(13-19)21(25)24-14-15-10-11-23-20(12-15)27-18-8-6-17(22)7-9-18/h3-13H,2,14H2,1H3,(H,24,25). The van der Waals surface area contributed by atoms with E-state index in [1.807, 2.05) is 13.0 Å². The van der Waals surface area contributed by atoms with Crippen LogP contribution in [-0.4, -0.2) is 17.5 Å². The fourth-order valence-electron chi connectivity index (χ4n) is 2.42. The SMILES string of the molecule is CCOc1cccc(C(=O)NCc2ccnc(Oc3ccc(F)cc3)c2)c1. The number of amides is 1. The zero-order chi connectivity index (χ0) is 19.1. The summed E-state index contributed by atoms with van der Waals surface area (Å²) in [5.41, 5.74) is 1.36. The first-order valence-corrected chi connectivity index (χ1v) is 8.53. The summed E-state index contributed by atoms with van der Waals surface area (Å²) < 4.78 is 24.0. The third-order valence-electron chi connectivity index (χ3n) is 3.70. The van der Waals surface area contributed by atoms with E-state index in [-0.39, 0.29) is 11.7 Å². The Morgan fingerprint density at radius 3 is 2.67 bits per heavy atom. The lowest BCUT2D eigenvalue weighted by Crippen LogP contribution is -2.22. The van der Waals surface area contributed by atoms with E-state index < -0.39 is 0 Å². The van der Waals surface area contributed by atoms with Gasteiger partial charge in [0.05, 0.1) is 6.61 Å². The van der Waals surface area contributed by atoms with E-state index in [0.29, 0.717) is 36.1 Å². The monoisotopic (exact) mass is 366 g/mol. The summed E-state index contributed by atoms with van der Waals surface area (Å²) in [6.45, 7) is 2.75. The third kappa shape index (κ3) is 5.28. The number of halogens is 1. The normalized spacial score (nSPS) is 10.3. The lowest BCUT2D eigenvalue weighted by Gasteiger charge is -2.09. The lowest BCUT2D eigenvalue weighted by atomic mass is 10.2. The number of hydrogen-bond acceptors (Lipinski definition) is 4. The van der Waals surface area contributed by atoms with Crippen molar-refractivity contribution in [1.82, 2.24) is 10.3 Å². The molecule has 3 aromatic rings. The van der Waals surface area contributed by atoms with Crippen molar-refractivity contribution < 1.29 is 18.7 Å². The Hall–Kier alpha value is -3.41. The number of carbonyl (C=O) groups is 1. The van der Waals surface area contributed by atoms with Crippen molar-refractivity contribution in [1.29, 1.82) is 0 Å². The molecule has 0 aliphatic rings. The Morgan fingerprint density at radius 2 is 1.89 bits per heavy atom. The van der Waals surface area contributed by atoms with Crippen LogP contribution in [0.1, 0.15) is 22.8 Å². The van der Waals surface area contributed by atoms with Gasteiger partial charge in [-0.25, -0.2) is 9.37 Å². The van der Waals surface area contributed by atoms with Gasteiger partial charge in [0.1, 0.15) is 17.3 Å². The molecule has 5 nitrogen and oxygen atoms in total. The number of aromatic nitrogens is 1. The van der Waals surface area contributed by atoms with Crippen LogP contribution in [0.4, 0.5) is 4.39 Å². The van der Waals surface area contributed by atoms with Crippen molar-refractivity contribution in [2.75, 3.05) is 6.61 Å². The molecule has 0 radical (unpaired) electrons. The van der Waals surface area contributed by atoms with Crippen molar-refractivity contribution in [3.05, 3.63) is 83.8 Å². The summed E-state index contributed by atoms with van der Waals surface area (Å²) in [5.74, 6) is 0.975. The number of nitrogens with one attached hydrogen (secondary N) is 1. The van der Waals surface area contributed by atoms with Gasteiger partial charge in [-0.3, -0.25) is 4.79 Å². The van der Waals surface area contributed by atoms with Crippen molar-refractivity contribution >= 4 is 5.91 Å². The minimum absolute atomic E-state index is 0.200. The molecule has 1 amide bonds. The van der Waals surface area contributed by atoms with Crippen LogP contribution >= 0.6 is 0 Å². The predicted molar refractivity (Wildman–Crippen MR) is 99.5 cm³/mol. The molecule has 0 aliphatic carbocycles. The van der Waals surface area contributed by atoms with Crippen LogP contribution in [0.15, 0.2) is 66.9 Å². The molecule has 0 bridgehead atoms. The largest absolute Gasteiger partial charge is 0.494 e. The highest BCUT2D eigenvalue weighted by molar-refractivity contribution is 5.94. The second-order valence-electron chi connectivity index (χ2n) is 5.70. The van der Waals surface area contributed by atoms with E-state index in [2.05, 4.69) is 10.3 Å². The van der Waals surface area contributed by atoms with Gasteiger partial charge in [-0.1, -0.05) is 6.07 Å². The molecule has 0 atom stereocenters. The lowest BCUT2D eigenvalue weighted by molar-refractivity contribution is 0.0950. The van der Waals surface area contributed by atoms with Gasteiger partial charge in [0.25, 0.3) is 5.91 Å². The second kappa shape index (κ2) is 8.80. The summed E-state index contributed by atoms with van der Waals surface area (Å²) >= 11 is 0. The van der Waals surface area contributed by atoms with Gasteiger partial charge in [-0.15, -0.1) is 0 Å². The second-order valence-corrected chi connectivity index (χ2v) is 5.70. The molecule has 2 aromatic carbocycles. The molecule has 0 saturated carbocycles. The van der Waals surface area contributed by atoms with Crippen molar-refractivity contribution in [3.63, 3.8) is 0 Å². The summed E-state index contributed by atoms with van der Waals surface area (Å²) in [6.07, 6.45) is 1.59. The van der Waals surface area contributed by atoms with Crippen LogP contribution in [0.2, 0.25) is 0 Å². The van der Waals surface area contributed by atoms with Crippen molar-refractivity contribution in [2.24, 2.45) is 0 Å². The van der Waals surface area contributed by atoms with Crippen molar-refractivity contribution in [3.8, 4) is 17.4 Å². The topological polar surface area (TPSA) is 60.5 Å². The van der Waals surface area contributed by atoms with Gasteiger partial charge < -0.3 is 14.8 Å². The molecule has 0 fully saturated rings. The average Bonchev–Trinajstić information content (AvgIpc) is 2.69. The van der Waals surface area contributed by atoms with Crippen LogP contribution in [0.5, 0.6) is 17.4 Å². The average molecular weight is 366 g/mol. The highest BCUT2D eigenvalue weighted by Gasteiger charge is 2.07. The molecule has 138 valence electrons. The summed E-state index contributed by atoms with van der Waals surface area (Å²) in [6, 6.07) is 16.2. The maximum atomic E-state index is 13.0. The minimum atomic E-state index is -0.333. The van der Waals surface area contributed by atoms with Crippen LogP contribution in [0.3, 0.4) is 0 Å². The van der Waals surface area contributed by atoms with E-state index >= 15 is 0 Å². The number of carbonyl (C=O) groups excluding carboxylic acids is 1. The highest BCUT2D eigenvalue weighted by Crippen LogP contribution is 2.20. The molecule has 1 N–H and O–H groups in total. The summed E-state index contributed by atoms with van der Waals surface area (Å²) in [5, 5.41) is 2.86. The van der Waals surface area contributed by atoms with E-state index in [4.69, 9.17) is 9.47 Å². The van der Waals surface area contributed by atoms with Gasteiger partial charge in [0, 0.05) is 24.4 Å². The van der Waals surface area contributed by atoms with Crippen LogP contribution in [0, 0.1) is 5.82 Å². The van der Waals surface area contributed by atoms with E-state index in [1.54, 1.807) is 36.5 Å². The predicted octanol–water partition coefficient (Wildman–Crippen LogP) is 4.34. The van der Waals surface area contributed by atoms with E-state index in [9.17, 15) is 9.18 Å². The number of nitrogens with zero attached hydrogens (tertiary/aromatic N) is 1. The van der Waals surface area contributed by atoms with Gasteiger partial charge in [-0.05, 0) is 61.0 Å². The maximum absolute atomic E-state index is 13.0. The number of hydrogen-bond donors (Lipinski definition) is 1. The number of pyridine rings is 1. The Morgan fingerprint density at radius 1 is 1.07 bits per heavy atom. The number of benzene rings is 2. The molecular formula is C21H19FN2O3. The fourth-order valence-corrected chi connectivity index (χ4v) is 2.42. The fraction of sp³-hybridized carbons (Fsp3) is 0.143. The van der Waals surface area contributed by atoms with Crippen LogP contribution in [0.25, 0.3) is 0 Å². The Balaban J connectivity index is 1.61. The number of ether oxygens (including phenoxy) is 2. The highest BCUT2D eigenvalue weighted by atomic mass is 19.1. The smallest absolute Gasteiger partial charge is 0.251 e. The molecular weight excluding hydrogens is 347 g/mol. The molecule has 1 aromatic heterocycles.